The number of hydrogen-bond donors (Lipinski definition) is 0. The molecular weight excluding hydrogens is 207 g/mol. The predicted molar refractivity (Wildman–Crippen MR) is 60.4 cm³/mol. The van der Waals surface area contributed by atoms with E-state index in [0.29, 0.717) is 5.56 Å². The summed E-state index contributed by atoms with van der Waals surface area (Å²) >= 11 is 2.69. The molecule has 0 aliphatic rings. The van der Waals surface area contributed by atoms with Gasteiger partial charge in [-0.15, -0.1) is 11.3 Å². The summed E-state index contributed by atoms with van der Waals surface area (Å²) in [6, 6.07) is 9.62. The second-order valence-electron chi connectivity index (χ2n) is 2.94. The monoisotopic (exact) mass is 214 g/mol. The fraction of sp³-hybridized carbons (Fsp3) is 0. The molecule has 0 aliphatic carbocycles. The molecule has 0 N–H and O–H groups in total. The van der Waals surface area contributed by atoms with Crippen molar-refractivity contribution in [3.8, 4) is 17.3 Å². The molecule has 4 heteroatoms. The van der Waals surface area contributed by atoms with Crippen LogP contribution in [0.15, 0.2) is 29.6 Å². The molecule has 0 unspecified atom stereocenters. The number of nitrogens with zero attached hydrogens (tertiary/aromatic N) is 2. The molecule has 0 fully saturated rings. The van der Waals surface area contributed by atoms with Crippen LogP contribution in [-0.4, -0.2) is 21.3 Å². The summed E-state index contributed by atoms with van der Waals surface area (Å²) in [6.45, 7) is 0. The van der Waals surface area contributed by atoms with Gasteiger partial charge in [0.15, 0.2) is 0 Å². The zero-order valence-electron chi connectivity index (χ0n) is 7.69. The van der Waals surface area contributed by atoms with E-state index in [2.05, 4.69) is 16.4 Å². The summed E-state index contributed by atoms with van der Waals surface area (Å²) < 4.78 is 1.20. The summed E-state index contributed by atoms with van der Waals surface area (Å²) in [4.78, 5) is 4.43. The number of thiazole rings is 1. The van der Waals surface area contributed by atoms with Gasteiger partial charge < -0.3 is 0 Å². The topological polar surface area (TPSA) is 36.7 Å². The van der Waals surface area contributed by atoms with E-state index in [1.54, 1.807) is 11.3 Å². The van der Waals surface area contributed by atoms with Crippen LogP contribution < -0.4 is 3.87 Å². The molecule has 0 amide bonds. The summed E-state index contributed by atoms with van der Waals surface area (Å²) in [6.07, 6.45) is 0. The second kappa shape index (κ2) is 3.94. The number of aromatic nitrogens is 1. The Morgan fingerprint density at radius 3 is 2.50 bits per heavy atom. The third-order valence-electron chi connectivity index (χ3n) is 1.93. The quantitative estimate of drug-likeness (QED) is 0.662. The number of hydrogen-bond acceptors (Lipinski definition) is 3. The largest absolute Gasteiger partial charge is 0.307 e. The van der Waals surface area contributed by atoms with Crippen molar-refractivity contribution < 1.29 is 0 Å². The van der Waals surface area contributed by atoms with E-state index < -0.39 is 0 Å². The molecule has 2 nitrogen and oxygen atoms in total. The molecule has 0 aliphatic heterocycles. The number of rotatable bonds is 1. The minimum absolute atomic E-state index is 0.690. The molecule has 66 valence electrons. The Balaban J connectivity index is 2.39. The smallest absolute Gasteiger partial charge is 0.261 e. The Morgan fingerprint density at radius 1 is 1.29 bits per heavy atom. The van der Waals surface area contributed by atoms with Crippen LogP contribution in [0.2, 0.25) is 0 Å². The van der Waals surface area contributed by atoms with Gasteiger partial charge in [0.1, 0.15) is 0 Å². The Labute approximate surface area is 94.3 Å². The highest BCUT2D eigenvalue weighted by atomic mass is 32.1. The maximum absolute atomic E-state index is 8.65. The average Bonchev–Trinajstić information content (AvgIpc) is 2.65. The molecule has 2 aromatic rings. The van der Waals surface area contributed by atoms with Crippen LogP contribution in [0.25, 0.3) is 11.3 Å². The Bertz CT molecular complexity index is 482. The highest BCUT2D eigenvalue weighted by Gasteiger charge is 2.00. The number of benzene rings is 1. The predicted octanol–water partition coefficient (Wildman–Crippen LogP) is 0.940. The molecule has 0 bridgehead atoms. The van der Waals surface area contributed by atoms with Gasteiger partial charge in [-0.05, 0) is 12.1 Å². The van der Waals surface area contributed by atoms with E-state index >= 15 is 0 Å². The maximum atomic E-state index is 8.65. The van der Waals surface area contributed by atoms with Crippen LogP contribution in [0.4, 0.5) is 0 Å². The highest BCUT2D eigenvalue weighted by Crippen LogP contribution is 2.17. The molecule has 0 saturated carbocycles. The average molecular weight is 214 g/mol. The lowest BCUT2D eigenvalue weighted by molar-refractivity contribution is 1.43. The van der Waals surface area contributed by atoms with Gasteiger partial charge in [0.2, 0.25) is 0 Å². The van der Waals surface area contributed by atoms with Crippen molar-refractivity contribution in [2.75, 3.05) is 0 Å². The van der Waals surface area contributed by atoms with Crippen molar-refractivity contribution in [2.45, 2.75) is 0 Å². The summed E-state index contributed by atoms with van der Waals surface area (Å²) in [7, 11) is 0. The van der Waals surface area contributed by atoms with Gasteiger partial charge in [-0.25, -0.2) is 0 Å². The van der Waals surface area contributed by atoms with Crippen LogP contribution in [0.3, 0.4) is 0 Å². The lowest BCUT2D eigenvalue weighted by atomic mass is 10.1. The fourth-order valence-electron chi connectivity index (χ4n) is 1.21. The van der Waals surface area contributed by atoms with Gasteiger partial charge in [-0.1, -0.05) is 12.1 Å². The van der Waals surface area contributed by atoms with Crippen molar-refractivity contribution in [1.29, 1.82) is 5.26 Å². The maximum Gasteiger partial charge on any atom is 0.307 e. The van der Waals surface area contributed by atoms with Crippen molar-refractivity contribution in [3.63, 3.8) is 0 Å². The molecular formula is C10H7AlN2S. The Morgan fingerprint density at radius 2 is 2.00 bits per heavy atom. The first kappa shape index (κ1) is 9.43. The Hall–Kier alpha value is -1.13. The highest BCUT2D eigenvalue weighted by molar-refractivity contribution is 7.18. The lowest BCUT2D eigenvalue weighted by Crippen LogP contribution is -1.97. The minimum atomic E-state index is 0.690. The van der Waals surface area contributed by atoms with Crippen LogP contribution in [-0.2, 0) is 0 Å². The molecule has 2 rings (SSSR count). The van der Waals surface area contributed by atoms with Crippen molar-refractivity contribution >= 4 is 31.5 Å². The molecule has 0 spiro atoms. The van der Waals surface area contributed by atoms with Crippen molar-refractivity contribution in [3.05, 3.63) is 35.2 Å². The van der Waals surface area contributed by atoms with E-state index in [4.69, 9.17) is 5.26 Å². The van der Waals surface area contributed by atoms with E-state index in [0.717, 1.165) is 27.5 Å². The van der Waals surface area contributed by atoms with Crippen LogP contribution in [0.5, 0.6) is 0 Å². The minimum Gasteiger partial charge on any atom is -0.261 e. The molecule has 14 heavy (non-hydrogen) atoms. The van der Waals surface area contributed by atoms with Gasteiger partial charge in [0.05, 0.1) is 17.3 Å². The van der Waals surface area contributed by atoms with Crippen LogP contribution >= 0.6 is 11.3 Å². The lowest BCUT2D eigenvalue weighted by Gasteiger charge is -1.95. The zero-order valence-corrected chi connectivity index (χ0v) is 10.5. The zero-order chi connectivity index (χ0) is 9.97. The fourth-order valence-corrected chi connectivity index (χ4v) is 2.43. The van der Waals surface area contributed by atoms with Crippen LogP contribution in [0.1, 0.15) is 5.56 Å². The van der Waals surface area contributed by atoms with E-state index in [-0.39, 0.29) is 0 Å². The summed E-state index contributed by atoms with van der Waals surface area (Å²) in [5.41, 5.74) is 2.79. The Kier molecular flexibility index (Phi) is 2.65. The van der Waals surface area contributed by atoms with Gasteiger partial charge >= 0.3 is 16.3 Å². The van der Waals surface area contributed by atoms with E-state index in [1.165, 1.54) is 3.87 Å². The van der Waals surface area contributed by atoms with Crippen molar-refractivity contribution in [1.82, 2.24) is 4.98 Å². The van der Waals surface area contributed by atoms with Gasteiger partial charge in [0, 0.05) is 14.8 Å². The summed E-state index contributed by atoms with van der Waals surface area (Å²) in [5, 5.41) is 10.7. The first-order valence-corrected chi connectivity index (χ1v) is 6.10. The standard InChI is InChI=1S/C10H5N2S.Al.2H/c11-5-8-1-3-9(4-2-8)10-6-13-7-12-10;;;/h1-4,6H;;;. The third kappa shape index (κ3) is 1.86. The van der Waals surface area contributed by atoms with Gasteiger partial charge in [-0.3, -0.25) is 4.98 Å². The van der Waals surface area contributed by atoms with Gasteiger partial charge in [-0.2, -0.15) is 5.26 Å². The molecule has 0 atom stereocenters. The molecule has 1 heterocycles. The number of nitriles is 1. The van der Waals surface area contributed by atoms with E-state index in [1.807, 2.05) is 24.3 Å². The normalized spacial score (nSPS) is 9.64. The van der Waals surface area contributed by atoms with Crippen molar-refractivity contribution in [2.24, 2.45) is 0 Å². The summed E-state index contributed by atoms with van der Waals surface area (Å²) in [5.74, 6) is 0. The third-order valence-corrected chi connectivity index (χ3v) is 3.63. The first-order chi connectivity index (χ1) is 6.79. The SMILES string of the molecule is N#Cc1ccc(-c2cs[c]([AlH2])n2)cc1. The second-order valence-corrected chi connectivity index (χ2v) is 5.68. The van der Waals surface area contributed by atoms with E-state index in [9.17, 15) is 0 Å². The molecule has 1 aromatic heterocycles. The first-order valence-electron chi connectivity index (χ1n) is 4.22. The molecule has 0 radical (unpaired) electrons. The molecule has 1 aromatic carbocycles. The van der Waals surface area contributed by atoms with Crippen LogP contribution in [0, 0.1) is 11.3 Å². The van der Waals surface area contributed by atoms with Gasteiger partial charge in [0.25, 0.3) is 0 Å². The molecule has 0 saturated heterocycles.